The van der Waals surface area contributed by atoms with Crippen molar-refractivity contribution in [1.29, 1.82) is 0 Å². The molecule has 0 aliphatic carbocycles. The molecule has 0 atom stereocenters. The van der Waals surface area contributed by atoms with E-state index in [-0.39, 0.29) is 11.4 Å². The summed E-state index contributed by atoms with van der Waals surface area (Å²) in [5, 5.41) is 20.6. The molecule has 0 aliphatic rings. The van der Waals surface area contributed by atoms with E-state index in [1.807, 2.05) is 28.2 Å². The number of hydrogen-bond acceptors (Lipinski definition) is 6. The van der Waals surface area contributed by atoms with Crippen molar-refractivity contribution in [2.75, 3.05) is 38.0 Å². The molecule has 2 aromatic rings. The van der Waals surface area contributed by atoms with Gasteiger partial charge in [0, 0.05) is 56.2 Å². The topological polar surface area (TPSA) is 92.8 Å². The van der Waals surface area contributed by atoms with Crippen molar-refractivity contribution in [3.8, 4) is 0 Å². The number of anilines is 2. The fourth-order valence-corrected chi connectivity index (χ4v) is 2.29. The van der Waals surface area contributed by atoms with E-state index in [0.717, 1.165) is 6.07 Å². The summed E-state index contributed by atoms with van der Waals surface area (Å²) in [6, 6.07) is 11.8. The smallest absolute Gasteiger partial charge is 0.277 e. The first kappa shape index (κ1) is 20.4. The Kier molecular flexibility index (Phi) is 7.31. The van der Waals surface area contributed by atoms with Gasteiger partial charge in [0.05, 0.1) is 15.9 Å². The van der Waals surface area contributed by atoms with Gasteiger partial charge in [-0.25, -0.2) is 0 Å². The van der Waals surface area contributed by atoms with Gasteiger partial charge in [0.2, 0.25) is 0 Å². The normalized spacial score (nSPS) is 9.64. The molecule has 9 heteroatoms. The van der Waals surface area contributed by atoms with Crippen molar-refractivity contribution in [3.63, 3.8) is 0 Å². The summed E-state index contributed by atoms with van der Waals surface area (Å²) < 4.78 is 0.313. The molecule has 0 N–H and O–H groups in total. The van der Waals surface area contributed by atoms with Crippen LogP contribution in [0.5, 0.6) is 0 Å². The predicted octanol–water partition coefficient (Wildman–Crippen LogP) is 4.08. The Labute approximate surface area is 154 Å². The van der Waals surface area contributed by atoms with Gasteiger partial charge in [0.15, 0.2) is 0 Å². The third-order valence-electron chi connectivity index (χ3n) is 3.17. The van der Waals surface area contributed by atoms with Crippen LogP contribution in [0.4, 0.5) is 22.7 Å². The molecular weight excluding hydrogens is 392 g/mol. The summed E-state index contributed by atoms with van der Waals surface area (Å²) in [7, 11) is 8.19. The summed E-state index contributed by atoms with van der Waals surface area (Å²) in [5.41, 5.74) is 1.86. The van der Waals surface area contributed by atoms with Crippen LogP contribution in [0.25, 0.3) is 0 Å². The minimum atomic E-state index is -0.683. The number of nitro groups is 2. The Morgan fingerprint density at radius 1 is 0.760 bits per heavy atom. The second-order valence-electron chi connectivity index (χ2n) is 5.49. The largest absolute Gasteiger partial charge is 0.378 e. The van der Waals surface area contributed by atoms with E-state index in [1.54, 1.807) is 0 Å². The third kappa shape index (κ3) is 6.38. The highest BCUT2D eigenvalue weighted by atomic mass is 79.9. The molecule has 0 aromatic heterocycles. The number of halogens is 1. The standard InChI is InChI=1S/C10H16N2.C6H3BrN2O4/c1-11(2)9-5-7-10(8-6-9)12(3)4;7-4-1-5(8(10)11)3-6(2-4)9(12)13/h5-8H,1-4H3;1-3H. The van der Waals surface area contributed by atoms with Crippen LogP contribution >= 0.6 is 15.9 Å². The van der Waals surface area contributed by atoms with Crippen molar-refractivity contribution in [1.82, 2.24) is 0 Å². The molecule has 0 radical (unpaired) electrons. The molecule has 8 nitrogen and oxygen atoms in total. The molecule has 0 bridgehead atoms. The Morgan fingerprint density at radius 3 is 1.32 bits per heavy atom. The zero-order valence-electron chi connectivity index (χ0n) is 14.3. The second kappa shape index (κ2) is 8.97. The quantitative estimate of drug-likeness (QED) is 0.556. The van der Waals surface area contributed by atoms with Crippen molar-refractivity contribution < 1.29 is 9.85 Å². The maximum Gasteiger partial charge on any atom is 0.277 e. The highest BCUT2D eigenvalue weighted by molar-refractivity contribution is 9.10. The first-order valence-corrected chi connectivity index (χ1v) is 7.95. The molecule has 0 fully saturated rings. The van der Waals surface area contributed by atoms with Gasteiger partial charge in [-0.05, 0) is 24.3 Å². The van der Waals surface area contributed by atoms with Crippen LogP contribution in [0.1, 0.15) is 0 Å². The molecule has 0 saturated heterocycles. The highest BCUT2D eigenvalue weighted by Gasteiger charge is 2.14. The van der Waals surface area contributed by atoms with Gasteiger partial charge in [0.1, 0.15) is 0 Å². The van der Waals surface area contributed by atoms with E-state index in [4.69, 9.17) is 0 Å². The van der Waals surface area contributed by atoms with Crippen molar-refractivity contribution in [3.05, 3.63) is 67.2 Å². The van der Waals surface area contributed by atoms with Crippen LogP contribution in [0.3, 0.4) is 0 Å². The Bertz CT molecular complexity index is 689. The minimum Gasteiger partial charge on any atom is -0.378 e. The number of benzene rings is 2. The van der Waals surface area contributed by atoms with Gasteiger partial charge in [-0.2, -0.15) is 0 Å². The van der Waals surface area contributed by atoms with Crippen LogP contribution in [0.2, 0.25) is 0 Å². The van der Waals surface area contributed by atoms with Gasteiger partial charge in [0.25, 0.3) is 11.4 Å². The number of non-ortho nitro benzene ring substituents is 2. The van der Waals surface area contributed by atoms with Crippen LogP contribution in [0.15, 0.2) is 46.9 Å². The molecule has 25 heavy (non-hydrogen) atoms. The van der Waals surface area contributed by atoms with Crippen molar-refractivity contribution >= 4 is 38.7 Å². The van der Waals surface area contributed by atoms with Crippen LogP contribution in [-0.4, -0.2) is 38.0 Å². The first-order valence-electron chi connectivity index (χ1n) is 7.16. The molecule has 0 aliphatic heterocycles. The SMILES string of the molecule is CN(C)c1ccc(N(C)C)cc1.O=[N+]([O-])c1cc(Br)cc([N+](=O)[O-])c1. The lowest BCUT2D eigenvalue weighted by Crippen LogP contribution is -2.10. The molecule has 0 amide bonds. The summed E-state index contributed by atoms with van der Waals surface area (Å²) in [5.74, 6) is 0. The maximum atomic E-state index is 10.3. The minimum absolute atomic E-state index is 0.305. The highest BCUT2D eigenvalue weighted by Crippen LogP contribution is 2.25. The number of rotatable bonds is 4. The molecule has 2 aromatic carbocycles. The first-order chi connectivity index (χ1) is 11.6. The molecule has 0 spiro atoms. The zero-order valence-corrected chi connectivity index (χ0v) is 15.9. The molecule has 2 rings (SSSR count). The van der Waals surface area contributed by atoms with E-state index in [2.05, 4.69) is 50.0 Å². The van der Waals surface area contributed by atoms with Crippen LogP contribution < -0.4 is 9.80 Å². The van der Waals surface area contributed by atoms with Gasteiger partial charge >= 0.3 is 0 Å². The van der Waals surface area contributed by atoms with E-state index >= 15 is 0 Å². The monoisotopic (exact) mass is 410 g/mol. The average molecular weight is 411 g/mol. The Morgan fingerprint density at radius 2 is 1.08 bits per heavy atom. The van der Waals surface area contributed by atoms with E-state index < -0.39 is 9.85 Å². The predicted molar refractivity (Wildman–Crippen MR) is 103 cm³/mol. The van der Waals surface area contributed by atoms with Crippen LogP contribution in [0, 0.1) is 20.2 Å². The van der Waals surface area contributed by atoms with E-state index in [9.17, 15) is 20.2 Å². The average Bonchev–Trinajstić information content (AvgIpc) is 2.54. The number of hydrogen-bond donors (Lipinski definition) is 0. The molecule has 0 saturated carbocycles. The lowest BCUT2D eigenvalue weighted by atomic mass is 10.2. The Hall–Kier alpha value is -2.68. The van der Waals surface area contributed by atoms with E-state index in [0.29, 0.717) is 4.47 Å². The Balaban J connectivity index is 0.000000251. The summed E-state index contributed by atoms with van der Waals surface area (Å²) in [6.45, 7) is 0. The van der Waals surface area contributed by atoms with Crippen molar-refractivity contribution in [2.24, 2.45) is 0 Å². The van der Waals surface area contributed by atoms with Crippen molar-refractivity contribution in [2.45, 2.75) is 0 Å². The summed E-state index contributed by atoms with van der Waals surface area (Å²) >= 11 is 2.94. The molecule has 0 heterocycles. The zero-order chi connectivity index (χ0) is 19.1. The van der Waals surface area contributed by atoms with Gasteiger partial charge in [-0.1, -0.05) is 15.9 Å². The third-order valence-corrected chi connectivity index (χ3v) is 3.63. The lowest BCUT2D eigenvalue weighted by molar-refractivity contribution is -0.394. The van der Waals surface area contributed by atoms with Gasteiger partial charge in [-0.3, -0.25) is 20.2 Å². The molecular formula is C16H19BrN4O4. The maximum absolute atomic E-state index is 10.3. The fourth-order valence-electron chi connectivity index (χ4n) is 1.82. The van der Waals surface area contributed by atoms with Gasteiger partial charge in [-0.15, -0.1) is 0 Å². The number of nitro benzene ring substituents is 2. The summed E-state index contributed by atoms with van der Waals surface area (Å²) in [4.78, 5) is 23.4. The summed E-state index contributed by atoms with van der Waals surface area (Å²) in [6.07, 6.45) is 0. The van der Waals surface area contributed by atoms with E-state index in [1.165, 1.54) is 23.5 Å². The van der Waals surface area contributed by atoms with Crippen LogP contribution in [-0.2, 0) is 0 Å². The number of nitrogens with zero attached hydrogens (tertiary/aromatic N) is 4. The lowest BCUT2D eigenvalue weighted by Gasteiger charge is -2.16. The molecule has 134 valence electrons. The van der Waals surface area contributed by atoms with Gasteiger partial charge < -0.3 is 9.80 Å². The molecule has 0 unspecified atom stereocenters. The second-order valence-corrected chi connectivity index (χ2v) is 6.40. The fraction of sp³-hybridized carbons (Fsp3) is 0.250.